The van der Waals surface area contributed by atoms with Crippen molar-refractivity contribution >= 4 is 26.9 Å². The van der Waals surface area contributed by atoms with Crippen LogP contribution in [0.25, 0.3) is 22.4 Å². The molecule has 1 aliphatic carbocycles. The molecule has 2 atom stereocenters. The zero-order valence-electron chi connectivity index (χ0n) is 18.5. The number of nitrogens with one attached hydrogen (secondary N) is 1. The number of benzene rings is 1. The Morgan fingerprint density at radius 3 is 2.71 bits per heavy atom. The van der Waals surface area contributed by atoms with E-state index < -0.39 is 15.8 Å². The van der Waals surface area contributed by atoms with Crippen LogP contribution in [0.15, 0.2) is 54.1 Å². The van der Waals surface area contributed by atoms with Gasteiger partial charge >= 0.3 is 0 Å². The summed E-state index contributed by atoms with van der Waals surface area (Å²) in [5.74, 6) is -0.361. The molecule has 4 aromatic rings. The summed E-state index contributed by atoms with van der Waals surface area (Å²) in [5, 5.41) is 3.58. The van der Waals surface area contributed by atoms with Crippen LogP contribution in [0, 0.1) is 12.7 Å². The van der Waals surface area contributed by atoms with Crippen molar-refractivity contribution in [2.75, 3.05) is 5.32 Å². The smallest absolute Gasteiger partial charge is 0.269 e. The van der Waals surface area contributed by atoms with Crippen molar-refractivity contribution in [1.29, 1.82) is 0 Å². The first kappa shape index (κ1) is 22.4. The minimum Gasteiger partial charge on any atom is -0.365 e. The molecule has 11 heteroatoms. The lowest BCUT2D eigenvalue weighted by Gasteiger charge is -2.27. The van der Waals surface area contributed by atoms with E-state index in [0.717, 1.165) is 41.4 Å². The lowest BCUT2D eigenvalue weighted by atomic mass is 9.92. The molecule has 0 bridgehead atoms. The Hall–Kier alpha value is -3.44. The molecular weight excluding hydrogens is 457 g/mol. The molecule has 1 aliphatic rings. The summed E-state index contributed by atoms with van der Waals surface area (Å²) >= 11 is 0. The van der Waals surface area contributed by atoms with Gasteiger partial charge in [-0.25, -0.2) is 36.7 Å². The molecule has 3 aromatic heterocycles. The first-order chi connectivity index (χ1) is 16.3. The minimum atomic E-state index is -3.95. The topological polar surface area (TPSA) is 129 Å². The van der Waals surface area contributed by atoms with Crippen LogP contribution in [0.5, 0.6) is 0 Å². The lowest BCUT2D eigenvalue weighted by Crippen LogP contribution is -2.35. The number of aryl methyl sites for hydroxylation is 1. The average molecular weight is 482 g/mol. The molecule has 34 heavy (non-hydrogen) atoms. The standard InChI is InChI=1S/C23H24FN7O2S/c1-14-5-7-17(8-6-14)34(32,33)31-12-19(18-10-26-13-28-23(18)31)21-27-11-20(24)22(30-21)29-16-4-2-3-15(25)9-16/h5-8,10-13,15-16H,2-4,9,25H2,1H3,(H,27,29,30)/t15-,16+/m1/s1. The van der Waals surface area contributed by atoms with Gasteiger partial charge < -0.3 is 11.1 Å². The van der Waals surface area contributed by atoms with E-state index >= 15 is 0 Å². The van der Waals surface area contributed by atoms with E-state index in [1.807, 2.05) is 6.92 Å². The summed E-state index contributed by atoms with van der Waals surface area (Å²) in [7, 11) is -3.95. The van der Waals surface area contributed by atoms with Gasteiger partial charge in [0.25, 0.3) is 10.0 Å². The summed E-state index contributed by atoms with van der Waals surface area (Å²) in [6, 6.07) is 6.62. The monoisotopic (exact) mass is 481 g/mol. The number of rotatable bonds is 5. The minimum absolute atomic E-state index is 0.00703. The lowest BCUT2D eigenvalue weighted by molar-refractivity contribution is 0.407. The third kappa shape index (κ3) is 4.12. The Bertz CT molecular complexity index is 1450. The van der Waals surface area contributed by atoms with Crippen molar-refractivity contribution < 1.29 is 12.8 Å². The van der Waals surface area contributed by atoms with Crippen molar-refractivity contribution in [3.63, 3.8) is 0 Å². The van der Waals surface area contributed by atoms with Gasteiger partial charge in [-0.3, -0.25) is 0 Å². The predicted octanol–water partition coefficient (Wildman–Crippen LogP) is 3.25. The van der Waals surface area contributed by atoms with Gasteiger partial charge in [-0.15, -0.1) is 0 Å². The van der Waals surface area contributed by atoms with Gasteiger partial charge in [-0.05, 0) is 44.7 Å². The zero-order valence-corrected chi connectivity index (χ0v) is 19.3. The first-order valence-electron chi connectivity index (χ1n) is 11.0. The molecule has 9 nitrogen and oxygen atoms in total. The highest BCUT2D eigenvalue weighted by atomic mass is 32.2. The van der Waals surface area contributed by atoms with Crippen molar-refractivity contribution in [3.05, 3.63) is 60.6 Å². The fourth-order valence-electron chi connectivity index (χ4n) is 4.27. The summed E-state index contributed by atoms with van der Waals surface area (Å²) in [4.78, 5) is 16.9. The van der Waals surface area contributed by atoms with Crippen LogP contribution < -0.4 is 11.1 Å². The highest BCUT2D eigenvalue weighted by Crippen LogP contribution is 2.31. The van der Waals surface area contributed by atoms with Gasteiger partial charge in [-0.1, -0.05) is 17.7 Å². The normalized spacial score (nSPS) is 18.8. The van der Waals surface area contributed by atoms with Crippen LogP contribution in [0.3, 0.4) is 0 Å². The highest BCUT2D eigenvalue weighted by Gasteiger charge is 2.25. The molecule has 0 radical (unpaired) electrons. The molecule has 0 aliphatic heterocycles. The van der Waals surface area contributed by atoms with E-state index in [0.29, 0.717) is 10.9 Å². The highest BCUT2D eigenvalue weighted by molar-refractivity contribution is 7.90. The number of nitrogens with zero attached hydrogens (tertiary/aromatic N) is 5. The van der Waals surface area contributed by atoms with Crippen LogP contribution in [0.4, 0.5) is 10.2 Å². The number of hydrogen-bond acceptors (Lipinski definition) is 8. The van der Waals surface area contributed by atoms with Crippen molar-refractivity contribution in [1.82, 2.24) is 23.9 Å². The number of halogens is 1. The Kier molecular flexibility index (Phi) is 5.74. The van der Waals surface area contributed by atoms with Gasteiger partial charge in [0.15, 0.2) is 23.1 Å². The van der Waals surface area contributed by atoms with Gasteiger partial charge in [0.1, 0.15) is 6.33 Å². The van der Waals surface area contributed by atoms with E-state index in [-0.39, 0.29) is 34.3 Å². The Labute approximate surface area is 196 Å². The Morgan fingerprint density at radius 1 is 1.15 bits per heavy atom. The molecule has 176 valence electrons. The fourth-order valence-corrected chi connectivity index (χ4v) is 5.60. The van der Waals surface area contributed by atoms with Crippen LogP contribution in [0.1, 0.15) is 31.2 Å². The molecule has 1 aromatic carbocycles. The number of fused-ring (bicyclic) bond motifs is 1. The molecule has 1 saturated carbocycles. The van der Waals surface area contributed by atoms with Gasteiger partial charge in [0.2, 0.25) is 0 Å². The first-order valence-corrected chi connectivity index (χ1v) is 12.5. The molecule has 0 saturated heterocycles. The van der Waals surface area contributed by atoms with E-state index in [1.165, 1.54) is 18.7 Å². The van der Waals surface area contributed by atoms with Crippen molar-refractivity contribution in [2.24, 2.45) is 5.73 Å². The van der Waals surface area contributed by atoms with Crippen LogP contribution in [-0.2, 0) is 10.0 Å². The molecule has 0 spiro atoms. The van der Waals surface area contributed by atoms with Crippen molar-refractivity contribution in [3.8, 4) is 11.4 Å². The van der Waals surface area contributed by atoms with E-state index in [4.69, 9.17) is 5.73 Å². The maximum Gasteiger partial charge on any atom is 0.269 e. The molecule has 1 fully saturated rings. The van der Waals surface area contributed by atoms with Gasteiger partial charge in [0.05, 0.1) is 11.1 Å². The second-order valence-corrected chi connectivity index (χ2v) is 10.4. The second kappa shape index (κ2) is 8.73. The third-order valence-electron chi connectivity index (χ3n) is 6.05. The zero-order chi connectivity index (χ0) is 23.9. The summed E-state index contributed by atoms with van der Waals surface area (Å²) < 4.78 is 42.4. The number of aromatic nitrogens is 5. The number of anilines is 1. The van der Waals surface area contributed by atoms with Crippen LogP contribution >= 0.6 is 0 Å². The molecule has 3 N–H and O–H groups in total. The fraction of sp³-hybridized carbons (Fsp3) is 0.304. The maximum atomic E-state index is 14.6. The number of hydrogen-bond donors (Lipinski definition) is 2. The SMILES string of the molecule is Cc1ccc(S(=O)(=O)n2cc(-c3ncc(F)c(N[C@H]4CCC[C@@H](N)C4)n3)c3cncnc32)cc1. The Balaban J connectivity index is 1.58. The van der Waals surface area contributed by atoms with E-state index in [1.54, 1.807) is 24.3 Å². The quantitative estimate of drug-likeness (QED) is 0.444. The molecule has 5 rings (SSSR count). The summed E-state index contributed by atoms with van der Waals surface area (Å²) in [6.45, 7) is 1.88. The van der Waals surface area contributed by atoms with Gasteiger partial charge in [0, 0.05) is 35.4 Å². The summed E-state index contributed by atoms with van der Waals surface area (Å²) in [6.07, 6.45) is 8.76. The molecule has 3 heterocycles. The molecule has 0 unspecified atom stereocenters. The third-order valence-corrected chi connectivity index (χ3v) is 7.72. The van der Waals surface area contributed by atoms with Crippen LogP contribution in [-0.4, -0.2) is 44.4 Å². The van der Waals surface area contributed by atoms with Gasteiger partial charge in [-0.2, -0.15) is 0 Å². The second-order valence-electron chi connectivity index (χ2n) is 8.57. The summed E-state index contributed by atoms with van der Waals surface area (Å²) in [5.41, 5.74) is 7.57. The molecular formula is C23H24FN7O2S. The molecule has 0 amide bonds. The average Bonchev–Trinajstić information content (AvgIpc) is 3.21. The predicted molar refractivity (Wildman–Crippen MR) is 126 cm³/mol. The van der Waals surface area contributed by atoms with Crippen molar-refractivity contribution in [2.45, 2.75) is 49.6 Å². The van der Waals surface area contributed by atoms with E-state index in [9.17, 15) is 12.8 Å². The Morgan fingerprint density at radius 2 is 1.94 bits per heavy atom. The van der Waals surface area contributed by atoms with Crippen LogP contribution in [0.2, 0.25) is 0 Å². The van der Waals surface area contributed by atoms with E-state index in [2.05, 4.69) is 25.3 Å². The number of nitrogens with two attached hydrogens (primary N) is 1. The maximum absolute atomic E-state index is 14.6. The largest absolute Gasteiger partial charge is 0.365 e.